The SMILES string of the molecule is O=C(Cc1ccon1)OCc1ccccc1. The van der Waals surface area contributed by atoms with E-state index in [2.05, 4.69) is 9.68 Å². The smallest absolute Gasteiger partial charge is 0.312 e. The number of nitrogens with zero attached hydrogens (tertiary/aromatic N) is 1. The average Bonchev–Trinajstić information content (AvgIpc) is 2.81. The molecule has 0 aliphatic heterocycles. The van der Waals surface area contributed by atoms with Gasteiger partial charge in [0.05, 0.1) is 12.1 Å². The van der Waals surface area contributed by atoms with Crippen LogP contribution < -0.4 is 0 Å². The standard InChI is InChI=1S/C12H11NO3/c14-12(8-11-6-7-16-13-11)15-9-10-4-2-1-3-5-10/h1-7H,8-9H2. The van der Waals surface area contributed by atoms with Crippen LogP contribution in [0.5, 0.6) is 0 Å². The summed E-state index contributed by atoms with van der Waals surface area (Å²) in [7, 11) is 0. The first-order valence-corrected chi connectivity index (χ1v) is 4.93. The molecular formula is C12H11NO3. The molecule has 0 atom stereocenters. The first-order valence-electron chi connectivity index (χ1n) is 4.93. The maximum atomic E-state index is 11.4. The highest BCUT2D eigenvalue weighted by atomic mass is 16.5. The Kier molecular flexibility index (Phi) is 3.33. The number of hydrogen-bond acceptors (Lipinski definition) is 4. The van der Waals surface area contributed by atoms with Gasteiger partial charge in [-0.25, -0.2) is 0 Å². The molecule has 0 radical (unpaired) electrons. The fourth-order valence-electron chi connectivity index (χ4n) is 1.27. The van der Waals surface area contributed by atoms with E-state index in [4.69, 9.17) is 4.74 Å². The molecule has 2 aromatic rings. The molecule has 16 heavy (non-hydrogen) atoms. The molecule has 4 nitrogen and oxygen atoms in total. The van der Waals surface area contributed by atoms with Gasteiger partial charge in [0, 0.05) is 6.07 Å². The average molecular weight is 217 g/mol. The third-order valence-corrected chi connectivity index (χ3v) is 2.06. The van der Waals surface area contributed by atoms with Gasteiger partial charge in [-0.05, 0) is 5.56 Å². The molecule has 0 N–H and O–H groups in total. The maximum Gasteiger partial charge on any atom is 0.312 e. The van der Waals surface area contributed by atoms with E-state index < -0.39 is 0 Å². The second-order valence-corrected chi connectivity index (χ2v) is 3.31. The van der Waals surface area contributed by atoms with Crippen molar-refractivity contribution in [3.05, 3.63) is 53.9 Å². The van der Waals surface area contributed by atoms with Crippen molar-refractivity contribution in [2.75, 3.05) is 0 Å². The number of benzene rings is 1. The minimum Gasteiger partial charge on any atom is -0.461 e. The second kappa shape index (κ2) is 5.11. The van der Waals surface area contributed by atoms with Crippen LogP contribution in [0.2, 0.25) is 0 Å². The van der Waals surface area contributed by atoms with E-state index in [1.807, 2.05) is 30.3 Å². The third-order valence-electron chi connectivity index (χ3n) is 2.06. The molecule has 1 heterocycles. The zero-order valence-electron chi connectivity index (χ0n) is 8.63. The predicted octanol–water partition coefficient (Wildman–Crippen LogP) is 1.96. The summed E-state index contributed by atoms with van der Waals surface area (Å²) < 4.78 is 9.70. The van der Waals surface area contributed by atoms with Crippen molar-refractivity contribution in [2.45, 2.75) is 13.0 Å². The monoisotopic (exact) mass is 217 g/mol. The highest BCUT2D eigenvalue weighted by molar-refractivity contribution is 5.71. The molecule has 0 fully saturated rings. The fourth-order valence-corrected chi connectivity index (χ4v) is 1.27. The van der Waals surface area contributed by atoms with Crippen molar-refractivity contribution in [2.24, 2.45) is 0 Å². The summed E-state index contributed by atoms with van der Waals surface area (Å²) in [6.07, 6.45) is 1.57. The molecule has 0 unspecified atom stereocenters. The molecule has 0 aliphatic carbocycles. The minimum atomic E-state index is -0.308. The minimum absolute atomic E-state index is 0.142. The Morgan fingerprint density at radius 1 is 1.25 bits per heavy atom. The van der Waals surface area contributed by atoms with E-state index in [1.165, 1.54) is 6.26 Å². The van der Waals surface area contributed by atoms with Crippen LogP contribution in [0.15, 0.2) is 47.2 Å². The van der Waals surface area contributed by atoms with Crippen LogP contribution in [-0.4, -0.2) is 11.1 Å². The highest BCUT2D eigenvalue weighted by Crippen LogP contribution is 2.03. The highest BCUT2D eigenvalue weighted by Gasteiger charge is 2.07. The van der Waals surface area contributed by atoms with Crippen molar-refractivity contribution >= 4 is 5.97 Å². The Morgan fingerprint density at radius 3 is 2.75 bits per heavy atom. The summed E-state index contributed by atoms with van der Waals surface area (Å²) in [5, 5.41) is 3.64. The summed E-state index contributed by atoms with van der Waals surface area (Å²) in [6, 6.07) is 11.2. The van der Waals surface area contributed by atoms with Gasteiger partial charge >= 0.3 is 5.97 Å². The zero-order valence-corrected chi connectivity index (χ0v) is 8.63. The van der Waals surface area contributed by atoms with Gasteiger partial charge in [0.15, 0.2) is 0 Å². The largest absolute Gasteiger partial charge is 0.461 e. The van der Waals surface area contributed by atoms with Crippen LogP contribution in [0.1, 0.15) is 11.3 Å². The Morgan fingerprint density at radius 2 is 2.06 bits per heavy atom. The summed E-state index contributed by atoms with van der Waals surface area (Å²) in [5.74, 6) is -0.308. The summed E-state index contributed by atoms with van der Waals surface area (Å²) >= 11 is 0. The third kappa shape index (κ3) is 2.95. The van der Waals surface area contributed by atoms with Gasteiger partial charge < -0.3 is 9.26 Å². The lowest BCUT2D eigenvalue weighted by molar-refractivity contribution is -0.144. The van der Waals surface area contributed by atoms with Crippen molar-refractivity contribution < 1.29 is 14.1 Å². The molecule has 1 aromatic heterocycles. The van der Waals surface area contributed by atoms with E-state index in [1.54, 1.807) is 6.07 Å². The number of carbonyl (C=O) groups is 1. The number of carbonyl (C=O) groups excluding carboxylic acids is 1. The Labute approximate surface area is 92.8 Å². The first kappa shape index (κ1) is 10.4. The molecular weight excluding hydrogens is 206 g/mol. The zero-order chi connectivity index (χ0) is 11.2. The van der Waals surface area contributed by atoms with E-state index in [0.717, 1.165) is 5.56 Å². The van der Waals surface area contributed by atoms with Gasteiger partial charge in [0.2, 0.25) is 0 Å². The van der Waals surface area contributed by atoms with Gasteiger partial charge in [-0.15, -0.1) is 0 Å². The maximum absolute atomic E-state index is 11.4. The van der Waals surface area contributed by atoms with E-state index >= 15 is 0 Å². The molecule has 0 amide bonds. The fraction of sp³-hybridized carbons (Fsp3) is 0.167. The van der Waals surface area contributed by atoms with E-state index in [-0.39, 0.29) is 19.0 Å². The van der Waals surface area contributed by atoms with Crippen LogP contribution in [0, 0.1) is 0 Å². The summed E-state index contributed by atoms with van der Waals surface area (Å²) in [5.41, 5.74) is 1.55. The molecule has 0 spiro atoms. The van der Waals surface area contributed by atoms with Gasteiger partial charge in [-0.3, -0.25) is 4.79 Å². The van der Waals surface area contributed by atoms with Crippen molar-refractivity contribution in [3.8, 4) is 0 Å². The van der Waals surface area contributed by atoms with Crippen molar-refractivity contribution in [1.29, 1.82) is 0 Å². The quantitative estimate of drug-likeness (QED) is 0.734. The Balaban J connectivity index is 1.80. The first-order chi connectivity index (χ1) is 7.84. The van der Waals surface area contributed by atoms with Crippen LogP contribution in [0.3, 0.4) is 0 Å². The second-order valence-electron chi connectivity index (χ2n) is 3.31. The topological polar surface area (TPSA) is 52.3 Å². The van der Waals surface area contributed by atoms with E-state index in [0.29, 0.717) is 5.69 Å². The molecule has 1 aromatic carbocycles. The summed E-state index contributed by atoms with van der Waals surface area (Å²) in [4.78, 5) is 11.4. The van der Waals surface area contributed by atoms with Gasteiger partial charge in [0.25, 0.3) is 0 Å². The molecule has 0 aliphatic rings. The number of esters is 1. The van der Waals surface area contributed by atoms with Crippen LogP contribution in [0.4, 0.5) is 0 Å². The van der Waals surface area contributed by atoms with Crippen LogP contribution in [-0.2, 0) is 22.6 Å². The van der Waals surface area contributed by atoms with Crippen molar-refractivity contribution in [1.82, 2.24) is 5.16 Å². The van der Waals surface area contributed by atoms with Gasteiger partial charge in [-0.2, -0.15) is 0 Å². The molecule has 0 saturated heterocycles. The lowest BCUT2D eigenvalue weighted by Gasteiger charge is -2.02. The van der Waals surface area contributed by atoms with Crippen LogP contribution >= 0.6 is 0 Å². The number of hydrogen-bond donors (Lipinski definition) is 0. The number of aromatic nitrogens is 1. The van der Waals surface area contributed by atoms with Gasteiger partial charge in [-0.1, -0.05) is 35.5 Å². The molecule has 0 saturated carbocycles. The molecule has 82 valence electrons. The van der Waals surface area contributed by atoms with E-state index in [9.17, 15) is 4.79 Å². The van der Waals surface area contributed by atoms with Crippen molar-refractivity contribution in [3.63, 3.8) is 0 Å². The number of ether oxygens (including phenoxy) is 1. The lowest BCUT2D eigenvalue weighted by atomic mass is 10.2. The predicted molar refractivity (Wildman–Crippen MR) is 56.4 cm³/mol. The normalized spacial score (nSPS) is 10.0. The lowest BCUT2D eigenvalue weighted by Crippen LogP contribution is -2.08. The molecule has 2 rings (SSSR count). The Hall–Kier alpha value is -2.10. The summed E-state index contributed by atoms with van der Waals surface area (Å²) in [6.45, 7) is 0.289. The van der Waals surface area contributed by atoms with Crippen LogP contribution in [0.25, 0.3) is 0 Å². The Bertz CT molecular complexity index is 437. The van der Waals surface area contributed by atoms with Gasteiger partial charge in [0.1, 0.15) is 12.9 Å². The molecule has 0 bridgehead atoms. The molecule has 4 heteroatoms. The number of rotatable bonds is 4.